The third-order valence-electron chi connectivity index (χ3n) is 6.07. The van der Waals surface area contributed by atoms with Crippen molar-refractivity contribution < 1.29 is 23.8 Å². The van der Waals surface area contributed by atoms with E-state index in [1.54, 1.807) is 44.2 Å². The highest BCUT2D eigenvalue weighted by atomic mass is 79.9. The van der Waals surface area contributed by atoms with Gasteiger partial charge in [0.05, 0.1) is 14.2 Å². The van der Waals surface area contributed by atoms with Gasteiger partial charge in [-0.3, -0.25) is 9.59 Å². The number of carbonyl (C=O) groups is 2. The normalized spacial score (nSPS) is 14.7. The minimum Gasteiger partial charge on any atom is -0.496 e. The lowest BCUT2D eigenvalue weighted by Gasteiger charge is -2.31. The van der Waals surface area contributed by atoms with Crippen LogP contribution in [0.25, 0.3) is 0 Å². The van der Waals surface area contributed by atoms with E-state index in [-0.39, 0.29) is 24.5 Å². The molecule has 2 aromatic rings. The van der Waals surface area contributed by atoms with E-state index in [4.69, 9.17) is 14.2 Å². The molecule has 8 heteroatoms. The molecule has 0 bridgehead atoms. The predicted octanol–water partition coefficient (Wildman–Crippen LogP) is 4.71. The van der Waals surface area contributed by atoms with Crippen LogP contribution in [0.3, 0.4) is 0 Å². The number of nitrogens with zero attached hydrogens (tertiary/aromatic N) is 1. The van der Waals surface area contributed by atoms with Gasteiger partial charge < -0.3 is 24.4 Å². The second kappa shape index (κ2) is 12.6. The standard InChI is InChI=1S/C26H33BrN2O5/c1-18(26(31)28-21-7-5-4-6-8-21)29(16-19-9-11-20(27)12-10-19)25(30)17-34-24-14-22(32-2)13-23(15-24)33-3/h9-15,18,21H,4-8,16-17H2,1-3H3,(H,28,31)/t18-/m0/s1. The van der Waals surface area contributed by atoms with Crippen LogP contribution in [0.1, 0.15) is 44.6 Å². The number of hydrogen-bond acceptors (Lipinski definition) is 5. The van der Waals surface area contributed by atoms with Crippen molar-refractivity contribution in [2.75, 3.05) is 20.8 Å². The predicted molar refractivity (Wildman–Crippen MR) is 134 cm³/mol. The Hall–Kier alpha value is -2.74. The van der Waals surface area contributed by atoms with Gasteiger partial charge in [-0.25, -0.2) is 0 Å². The van der Waals surface area contributed by atoms with E-state index in [9.17, 15) is 9.59 Å². The molecule has 7 nitrogen and oxygen atoms in total. The Balaban J connectivity index is 1.73. The van der Waals surface area contributed by atoms with Crippen molar-refractivity contribution in [2.45, 2.75) is 57.7 Å². The van der Waals surface area contributed by atoms with E-state index in [0.717, 1.165) is 35.7 Å². The van der Waals surface area contributed by atoms with Crippen LogP contribution in [0.5, 0.6) is 17.2 Å². The number of rotatable bonds is 10. The molecule has 0 saturated heterocycles. The number of halogens is 1. The molecule has 0 unspecified atom stereocenters. The molecule has 1 aliphatic rings. The molecule has 2 aromatic carbocycles. The third-order valence-corrected chi connectivity index (χ3v) is 6.60. The minimum atomic E-state index is -0.637. The van der Waals surface area contributed by atoms with Crippen molar-refractivity contribution in [3.05, 3.63) is 52.5 Å². The monoisotopic (exact) mass is 532 g/mol. The molecular weight excluding hydrogens is 500 g/mol. The summed E-state index contributed by atoms with van der Waals surface area (Å²) in [6.45, 7) is 1.85. The number of nitrogens with one attached hydrogen (secondary N) is 1. The number of amides is 2. The van der Waals surface area contributed by atoms with Crippen LogP contribution in [-0.4, -0.2) is 49.6 Å². The Bertz CT molecular complexity index is 938. The summed E-state index contributed by atoms with van der Waals surface area (Å²) in [5.41, 5.74) is 0.928. The summed E-state index contributed by atoms with van der Waals surface area (Å²) < 4.78 is 17.3. The van der Waals surface area contributed by atoms with E-state index in [1.807, 2.05) is 24.3 Å². The Kier molecular flexibility index (Phi) is 9.62. The van der Waals surface area contributed by atoms with Crippen LogP contribution in [-0.2, 0) is 16.1 Å². The van der Waals surface area contributed by atoms with E-state index in [2.05, 4.69) is 21.2 Å². The zero-order valence-electron chi connectivity index (χ0n) is 20.0. The summed E-state index contributed by atoms with van der Waals surface area (Å²) in [7, 11) is 3.10. The summed E-state index contributed by atoms with van der Waals surface area (Å²) >= 11 is 3.44. The number of ether oxygens (including phenoxy) is 3. The first-order valence-electron chi connectivity index (χ1n) is 11.6. The van der Waals surface area contributed by atoms with Crippen molar-refractivity contribution in [3.8, 4) is 17.2 Å². The molecular formula is C26H33BrN2O5. The summed E-state index contributed by atoms with van der Waals surface area (Å²) in [6, 6.07) is 12.4. The van der Waals surface area contributed by atoms with E-state index < -0.39 is 6.04 Å². The van der Waals surface area contributed by atoms with Gasteiger partial charge in [0.25, 0.3) is 5.91 Å². The average molecular weight is 533 g/mol. The molecule has 1 saturated carbocycles. The van der Waals surface area contributed by atoms with Gasteiger partial charge in [0.2, 0.25) is 5.91 Å². The van der Waals surface area contributed by atoms with Crippen molar-refractivity contribution in [1.82, 2.24) is 10.2 Å². The molecule has 34 heavy (non-hydrogen) atoms. The second-order valence-corrected chi connectivity index (χ2v) is 9.42. The van der Waals surface area contributed by atoms with Crippen LogP contribution in [0.15, 0.2) is 46.9 Å². The third kappa shape index (κ3) is 7.38. The Labute approximate surface area is 209 Å². The molecule has 3 rings (SSSR count). The number of carbonyl (C=O) groups excluding carboxylic acids is 2. The quantitative estimate of drug-likeness (QED) is 0.479. The van der Waals surface area contributed by atoms with Crippen LogP contribution in [0.2, 0.25) is 0 Å². The average Bonchev–Trinajstić information content (AvgIpc) is 2.86. The summed E-state index contributed by atoms with van der Waals surface area (Å²) in [4.78, 5) is 27.9. The van der Waals surface area contributed by atoms with E-state index in [1.165, 1.54) is 6.42 Å². The molecule has 184 valence electrons. The van der Waals surface area contributed by atoms with Gasteiger partial charge in [-0.05, 0) is 37.5 Å². The molecule has 1 atom stereocenters. The lowest BCUT2D eigenvalue weighted by Crippen LogP contribution is -2.51. The fraction of sp³-hybridized carbons (Fsp3) is 0.462. The first kappa shape index (κ1) is 25.9. The van der Waals surface area contributed by atoms with Gasteiger partial charge in [-0.1, -0.05) is 47.3 Å². The maximum Gasteiger partial charge on any atom is 0.261 e. The van der Waals surface area contributed by atoms with Gasteiger partial charge >= 0.3 is 0 Å². The topological polar surface area (TPSA) is 77.1 Å². The van der Waals surface area contributed by atoms with Crippen molar-refractivity contribution in [3.63, 3.8) is 0 Å². The fourth-order valence-corrected chi connectivity index (χ4v) is 4.29. The van der Waals surface area contributed by atoms with Gasteiger partial charge in [0, 0.05) is 35.3 Å². The zero-order valence-corrected chi connectivity index (χ0v) is 21.6. The molecule has 1 N–H and O–H groups in total. The number of benzene rings is 2. The highest BCUT2D eigenvalue weighted by molar-refractivity contribution is 9.10. The number of hydrogen-bond donors (Lipinski definition) is 1. The summed E-state index contributed by atoms with van der Waals surface area (Å²) in [6.07, 6.45) is 5.43. The maximum atomic E-state index is 13.3. The van der Waals surface area contributed by atoms with E-state index in [0.29, 0.717) is 23.8 Å². The number of methoxy groups -OCH3 is 2. The Morgan fingerprint density at radius 1 is 1.00 bits per heavy atom. The lowest BCUT2D eigenvalue weighted by atomic mass is 9.95. The first-order valence-corrected chi connectivity index (χ1v) is 12.4. The van der Waals surface area contributed by atoms with Gasteiger partial charge in [0.15, 0.2) is 6.61 Å². The molecule has 0 spiro atoms. The highest BCUT2D eigenvalue weighted by Crippen LogP contribution is 2.27. The zero-order chi connectivity index (χ0) is 24.5. The largest absolute Gasteiger partial charge is 0.496 e. The van der Waals surface area contributed by atoms with Gasteiger partial charge in [0.1, 0.15) is 23.3 Å². The van der Waals surface area contributed by atoms with Crippen molar-refractivity contribution >= 4 is 27.7 Å². The van der Waals surface area contributed by atoms with Gasteiger partial charge in [-0.15, -0.1) is 0 Å². The molecule has 0 radical (unpaired) electrons. The van der Waals surface area contributed by atoms with Crippen LogP contribution >= 0.6 is 15.9 Å². The lowest BCUT2D eigenvalue weighted by molar-refractivity contribution is -0.142. The molecule has 0 heterocycles. The SMILES string of the molecule is COc1cc(OC)cc(OCC(=O)N(Cc2ccc(Br)cc2)[C@@H](C)C(=O)NC2CCCCC2)c1. The Morgan fingerprint density at radius 2 is 1.59 bits per heavy atom. The highest BCUT2D eigenvalue weighted by Gasteiger charge is 2.28. The van der Waals surface area contributed by atoms with E-state index >= 15 is 0 Å². The molecule has 1 aliphatic carbocycles. The molecule has 2 amide bonds. The second-order valence-electron chi connectivity index (χ2n) is 8.50. The maximum absolute atomic E-state index is 13.3. The summed E-state index contributed by atoms with van der Waals surface area (Å²) in [5.74, 6) is 1.16. The Morgan fingerprint density at radius 3 is 2.18 bits per heavy atom. The fourth-order valence-electron chi connectivity index (χ4n) is 4.03. The summed E-state index contributed by atoms with van der Waals surface area (Å²) in [5, 5.41) is 3.14. The first-order chi connectivity index (χ1) is 16.4. The van der Waals surface area contributed by atoms with Crippen molar-refractivity contribution in [1.29, 1.82) is 0 Å². The van der Waals surface area contributed by atoms with Crippen molar-refractivity contribution in [2.24, 2.45) is 0 Å². The molecule has 0 aromatic heterocycles. The van der Waals surface area contributed by atoms with Crippen LogP contribution < -0.4 is 19.5 Å². The smallest absolute Gasteiger partial charge is 0.261 e. The van der Waals surface area contributed by atoms with Crippen LogP contribution in [0, 0.1) is 0 Å². The minimum absolute atomic E-state index is 0.139. The molecule has 1 fully saturated rings. The molecule has 0 aliphatic heterocycles. The van der Waals surface area contributed by atoms with Crippen LogP contribution in [0.4, 0.5) is 0 Å². The van der Waals surface area contributed by atoms with Gasteiger partial charge in [-0.2, -0.15) is 0 Å².